The number of hydrazine groups is 1. The number of amides is 4. The molecule has 0 saturated carbocycles. The van der Waals surface area contributed by atoms with Gasteiger partial charge in [0.2, 0.25) is 11.1 Å². The predicted molar refractivity (Wildman–Crippen MR) is 118 cm³/mol. The first kappa shape index (κ1) is 22.3. The highest BCUT2D eigenvalue weighted by Gasteiger charge is 2.49. The lowest BCUT2D eigenvalue weighted by atomic mass is 9.92. The monoisotopic (exact) mass is 467 g/mol. The molecule has 1 aliphatic rings. The Hall–Kier alpha value is -3.93. The zero-order valence-electron chi connectivity index (χ0n) is 17.9. The Morgan fingerprint density at radius 2 is 1.88 bits per heavy atom. The van der Waals surface area contributed by atoms with Crippen molar-refractivity contribution in [2.24, 2.45) is 0 Å². The number of imide groups is 1. The molecule has 0 spiro atoms. The molecule has 2 heterocycles. The zero-order valence-corrected chi connectivity index (χ0v) is 18.7. The lowest BCUT2D eigenvalue weighted by Crippen LogP contribution is -2.48. The van der Waals surface area contributed by atoms with Crippen molar-refractivity contribution in [3.8, 4) is 5.75 Å². The van der Waals surface area contributed by atoms with Crippen LogP contribution in [0.4, 0.5) is 4.79 Å². The van der Waals surface area contributed by atoms with Crippen molar-refractivity contribution in [2.45, 2.75) is 24.2 Å². The Labute approximate surface area is 193 Å². The zero-order chi connectivity index (χ0) is 23.4. The van der Waals surface area contributed by atoms with Crippen LogP contribution in [0.15, 0.2) is 59.8 Å². The van der Waals surface area contributed by atoms with E-state index in [1.165, 1.54) is 0 Å². The number of carbonyl (C=O) groups excluding carboxylic acids is 3. The molecule has 11 nitrogen and oxygen atoms in total. The molecule has 0 unspecified atom stereocenters. The molecule has 4 amide bonds. The number of carbonyl (C=O) groups is 3. The van der Waals surface area contributed by atoms with Gasteiger partial charge in [0.05, 0.1) is 19.4 Å². The normalized spacial score (nSPS) is 17.7. The molecule has 2 aromatic carbocycles. The second-order valence-electron chi connectivity index (χ2n) is 7.35. The van der Waals surface area contributed by atoms with Gasteiger partial charge >= 0.3 is 6.03 Å². The maximum absolute atomic E-state index is 12.9. The number of aromatic nitrogens is 4. The molecular formula is C21H21N7O4S. The number of nitrogens with zero attached hydrogens (tertiary/aromatic N) is 5. The van der Waals surface area contributed by atoms with E-state index in [1.54, 1.807) is 43.0 Å². The largest absolute Gasteiger partial charge is 0.497 e. The second kappa shape index (κ2) is 9.28. The van der Waals surface area contributed by atoms with Crippen molar-refractivity contribution in [1.29, 1.82) is 0 Å². The van der Waals surface area contributed by atoms with E-state index in [0.717, 1.165) is 23.1 Å². The van der Waals surface area contributed by atoms with Crippen LogP contribution in [-0.4, -0.2) is 55.9 Å². The molecule has 1 atom stereocenters. The average molecular weight is 468 g/mol. The van der Waals surface area contributed by atoms with Crippen molar-refractivity contribution in [2.75, 3.05) is 12.9 Å². The van der Waals surface area contributed by atoms with Gasteiger partial charge < -0.3 is 10.1 Å². The maximum Gasteiger partial charge on any atom is 0.344 e. The van der Waals surface area contributed by atoms with Gasteiger partial charge in [0.25, 0.3) is 5.91 Å². The summed E-state index contributed by atoms with van der Waals surface area (Å²) in [6.07, 6.45) is 0. The van der Waals surface area contributed by atoms with Crippen molar-refractivity contribution in [3.05, 3.63) is 65.7 Å². The number of urea groups is 1. The molecule has 1 fully saturated rings. The first-order valence-corrected chi connectivity index (χ1v) is 10.9. The lowest BCUT2D eigenvalue weighted by Gasteiger charge is -2.22. The minimum absolute atomic E-state index is 0.0951. The molecule has 12 heteroatoms. The number of nitrogens with one attached hydrogen (secondary N) is 2. The highest BCUT2D eigenvalue weighted by Crippen LogP contribution is 2.27. The molecule has 0 bridgehead atoms. The highest BCUT2D eigenvalue weighted by molar-refractivity contribution is 7.99. The summed E-state index contributed by atoms with van der Waals surface area (Å²) in [5.41, 5.74) is 2.68. The van der Waals surface area contributed by atoms with Crippen LogP contribution in [0.2, 0.25) is 0 Å². The second-order valence-corrected chi connectivity index (χ2v) is 8.30. The third kappa shape index (κ3) is 4.65. The Bertz CT molecular complexity index is 1170. The van der Waals surface area contributed by atoms with Crippen molar-refractivity contribution >= 4 is 29.6 Å². The Morgan fingerprint density at radius 3 is 2.58 bits per heavy atom. The summed E-state index contributed by atoms with van der Waals surface area (Å²) >= 11 is 1.09. The van der Waals surface area contributed by atoms with Gasteiger partial charge in [-0.15, -0.1) is 5.10 Å². The van der Waals surface area contributed by atoms with E-state index in [4.69, 9.17) is 4.74 Å². The summed E-state index contributed by atoms with van der Waals surface area (Å²) < 4.78 is 6.70. The van der Waals surface area contributed by atoms with Crippen LogP contribution in [0.5, 0.6) is 5.75 Å². The molecular weight excluding hydrogens is 446 g/mol. The van der Waals surface area contributed by atoms with E-state index in [0.29, 0.717) is 22.3 Å². The molecule has 170 valence electrons. The fourth-order valence-electron chi connectivity index (χ4n) is 3.30. The summed E-state index contributed by atoms with van der Waals surface area (Å²) in [7, 11) is 1.59. The van der Waals surface area contributed by atoms with Crippen LogP contribution in [0.3, 0.4) is 0 Å². The van der Waals surface area contributed by atoms with Crippen LogP contribution in [-0.2, 0) is 21.7 Å². The van der Waals surface area contributed by atoms with E-state index >= 15 is 0 Å². The topological polar surface area (TPSA) is 131 Å². The SMILES string of the molecule is COc1ccc(Cn2nnnc2SCC(=O)NN2C(=O)N[C@@](C)(c3ccccc3)C2=O)cc1. The molecule has 1 saturated heterocycles. The van der Waals surface area contributed by atoms with Gasteiger partial charge in [-0.3, -0.25) is 15.0 Å². The van der Waals surface area contributed by atoms with Gasteiger partial charge in [0.15, 0.2) is 0 Å². The van der Waals surface area contributed by atoms with Crippen LogP contribution >= 0.6 is 11.8 Å². The molecule has 33 heavy (non-hydrogen) atoms. The molecule has 0 aliphatic carbocycles. The number of thioether (sulfide) groups is 1. The van der Waals surface area contributed by atoms with Gasteiger partial charge in [-0.1, -0.05) is 54.2 Å². The van der Waals surface area contributed by atoms with Gasteiger partial charge in [0, 0.05) is 0 Å². The van der Waals surface area contributed by atoms with Crippen LogP contribution < -0.4 is 15.5 Å². The molecule has 2 N–H and O–H groups in total. The number of benzene rings is 2. The molecule has 1 aliphatic heterocycles. The lowest BCUT2D eigenvalue weighted by molar-refractivity contribution is -0.138. The average Bonchev–Trinajstić information content (AvgIpc) is 3.36. The minimum atomic E-state index is -1.26. The quantitative estimate of drug-likeness (QED) is 0.375. The fourth-order valence-corrected chi connectivity index (χ4v) is 3.97. The third-order valence-electron chi connectivity index (χ3n) is 5.10. The molecule has 1 aromatic heterocycles. The smallest absolute Gasteiger partial charge is 0.344 e. The number of methoxy groups -OCH3 is 1. The first-order chi connectivity index (χ1) is 15.9. The van der Waals surface area contributed by atoms with Crippen molar-refractivity contribution in [1.82, 2.24) is 36.0 Å². The van der Waals surface area contributed by atoms with Crippen LogP contribution in [0, 0.1) is 0 Å². The Morgan fingerprint density at radius 1 is 1.15 bits per heavy atom. The third-order valence-corrected chi connectivity index (χ3v) is 6.06. The fraction of sp³-hybridized carbons (Fsp3) is 0.238. The van der Waals surface area contributed by atoms with E-state index in [-0.39, 0.29) is 5.75 Å². The summed E-state index contributed by atoms with van der Waals surface area (Å²) in [6, 6.07) is 15.6. The van der Waals surface area contributed by atoms with E-state index in [9.17, 15) is 14.4 Å². The summed E-state index contributed by atoms with van der Waals surface area (Å²) in [5.74, 6) is -0.464. The van der Waals surface area contributed by atoms with Crippen molar-refractivity contribution in [3.63, 3.8) is 0 Å². The minimum Gasteiger partial charge on any atom is -0.497 e. The Balaban J connectivity index is 1.36. The number of hydrogen-bond acceptors (Lipinski definition) is 8. The number of ether oxygens (including phenoxy) is 1. The van der Waals surface area contributed by atoms with Crippen molar-refractivity contribution < 1.29 is 19.1 Å². The number of tetrazole rings is 1. The van der Waals surface area contributed by atoms with E-state index in [1.807, 2.05) is 30.3 Å². The van der Waals surface area contributed by atoms with Gasteiger partial charge in [-0.2, -0.15) is 5.01 Å². The molecule has 0 radical (unpaired) electrons. The van der Waals surface area contributed by atoms with Gasteiger partial charge in [-0.25, -0.2) is 9.48 Å². The summed E-state index contributed by atoms with van der Waals surface area (Å²) in [6.45, 7) is 2.00. The standard InChI is InChI=1S/C21H21N7O4S/c1-21(15-6-4-3-5-7-15)18(30)28(19(31)22-21)24-17(29)13-33-20-23-25-26-27(20)12-14-8-10-16(32-2)11-9-14/h3-11H,12-13H2,1-2H3,(H,22,31)(H,24,29)/t21-/m0/s1. The van der Waals surface area contributed by atoms with Gasteiger partial charge in [0.1, 0.15) is 11.3 Å². The van der Waals surface area contributed by atoms with Gasteiger partial charge in [-0.05, 0) is 40.6 Å². The highest BCUT2D eigenvalue weighted by atomic mass is 32.2. The summed E-state index contributed by atoms with van der Waals surface area (Å²) in [4.78, 5) is 37.7. The van der Waals surface area contributed by atoms with E-state index in [2.05, 4.69) is 26.3 Å². The molecule has 4 rings (SSSR count). The first-order valence-electron chi connectivity index (χ1n) is 9.94. The number of hydrogen-bond donors (Lipinski definition) is 2. The van der Waals surface area contributed by atoms with Crippen LogP contribution in [0.1, 0.15) is 18.1 Å². The van der Waals surface area contributed by atoms with E-state index < -0.39 is 23.4 Å². The maximum atomic E-state index is 12.9. The summed E-state index contributed by atoms with van der Waals surface area (Å²) in [5, 5.41) is 15.3. The van der Waals surface area contributed by atoms with Crippen LogP contribution in [0.25, 0.3) is 0 Å². The Kier molecular flexibility index (Phi) is 6.27. The molecule has 3 aromatic rings. The number of rotatable bonds is 8. The predicted octanol–water partition coefficient (Wildman–Crippen LogP) is 1.32.